The van der Waals surface area contributed by atoms with Crippen molar-refractivity contribution in [2.75, 3.05) is 19.7 Å². The van der Waals surface area contributed by atoms with Crippen molar-refractivity contribution in [3.8, 4) is 11.4 Å². The van der Waals surface area contributed by atoms with E-state index in [0.717, 1.165) is 43.1 Å². The van der Waals surface area contributed by atoms with Gasteiger partial charge in [0, 0.05) is 25.2 Å². The first-order valence-corrected chi connectivity index (χ1v) is 9.28. The smallest absolute Gasteiger partial charge is 0.274 e. The number of hydrogen-bond donors (Lipinski definition) is 0. The molecule has 1 spiro atoms. The highest BCUT2D eigenvalue weighted by molar-refractivity contribution is 5.94. The molecule has 5 heteroatoms. The van der Waals surface area contributed by atoms with Crippen LogP contribution in [0.3, 0.4) is 0 Å². The highest BCUT2D eigenvalue weighted by Crippen LogP contribution is 2.52. The molecule has 1 saturated carbocycles. The number of fused-ring (bicyclic) bond motifs is 1. The molecule has 0 N–H and O–H groups in total. The maximum absolute atomic E-state index is 13.2. The van der Waals surface area contributed by atoms with Crippen molar-refractivity contribution in [1.82, 2.24) is 14.5 Å². The van der Waals surface area contributed by atoms with E-state index in [1.807, 2.05) is 23.1 Å². The van der Waals surface area contributed by atoms with Crippen molar-refractivity contribution in [3.63, 3.8) is 0 Å². The first-order valence-electron chi connectivity index (χ1n) is 9.28. The van der Waals surface area contributed by atoms with Crippen LogP contribution in [0.2, 0.25) is 0 Å². The second-order valence-electron chi connectivity index (χ2n) is 7.63. The molecule has 25 heavy (non-hydrogen) atoms. The maximum Gasteiger partial charge on any atom is 0.274 e. The molecule has 3 aliphatic rings. The fraction of sp³-hybridized carbons (Fsp3) is 0.500. The van der Waals surface area contributed by atoms with Crippen LogP contribution in [0.15, 0.2) is 30.3 Å². The fourth-order valence-corrected chi connectivity index (χ4v) is 4.29. The van der Waals surface area contributed by atoms with E-state index in [4.69, 9.17) is 9.72 Å². The van der Waals surface area contributed by atoms with Crippen LogP contribution in [0.1, 0.15) is 41.9 Å². The number of likely N-dealkylation sites (tertiary alicyclic amines) is 1. The summed E-state index contributed by atoms with van der Waals surface area (Å²) < 4.78 is 7.81. The predicted molar refractivity (Wildman–Crippen MR) is 94.1 cm³/mol. The molecule has 5 nitrogen and oxygen atoms in total. The molecule has 130 valence electrons. The fourth-order valence-electron chi connectivity index (χ4n) is 4.29. The van der Waals surface area contributed by atoms with E-state index in [-0.39, 0.29) is 5.91 Å². The van der Waals surface area contributed by atoms with Crippen molar-refractivity contribution >= 4 is 5.91 Å². The summed E-state index contributed by atoms with van der Waals surface area (Å²) in [7, 11) is 0. The SMILES string of the molecule is O=C(c1nc(-c2ccccc2)n2c1COCC2)N1CCCC2(CC2)C1. The minimum Gasteiger partial charge on any atom is -0.373 e. The lowest BCUT2D eigenvalue weighted by Crippen LogP contribution is -2.41. The molecule has 5 rings (SSSR count). The van der Waals surface area contributed by atoms with E-state index in [1.165, 1.54) is 19.3 Å². The Balaban J connectivity index is 1.52. The molecule has 0 radical (unpaired) electrons. The van der Waals surface area contributed by atoms with Gasteiger partial charge in [-0.1, -0.05) is 30.3 Å². The van der Waals surface area contributed by atoms with Gasteiger partial charge < -0.3 is 14.2 Å². The van der Waals surface area contributed by atoms with Crippen LogP contribution in [0, 0.1) is 5.41 Å². The Hall–Kier alpha value is -2.14. The second-order valence-corrected chi connectivity index (χ2v) is 7.63. The molecule has 0 bridgehead atoms. The Kier molecular flexibility index (Phi) is 3.45. The first kappa shape index (κ1) is 15.1. The van der Waals surface area contributed by atoms with Crippen molar-refractivity contribution < 1.29 is 9.53 Å². The summed E-state index contributed by atoms with van der Waals surface area (Å²) in [5.74, 6) is 0.975. The highest BCUT2D eigenvalue weighted by Gasteiger charge is 2.47. The molecule has 2 fully saturated rings. The van der Waals surface area contributed by atoms with E-state index in [2.05, 4.69) is 16.7 Å². The molecular weight excluding hydrogens is 314 g/mol. The average Bonchev–Trinajstić information content (AvgIpc) is 3.29. The first-order chi connectivity index (χ1) is 12.3. The predicted octanol–water partition coefficient (Wildman–Crippen LogP) is 3.10. The number of piperidine rings is 1. The molecule has 0 unspecified atom stereocenters. The Morgan fingerprint density at radius 3 is 2.76 bits per heavy atom. The van der Waals surface area contributed by atoms with E-state index in [0.29, 0.717) is 24.3 Å². The number of benzene rings is 1. The van der Waals surface area contributed by atoms with E-state index in [9.17, 15) is 4.79 Å². The number of imidazole rings is 1. The number of hydrogen-bond acceptors (Lipinski definition) is 3. The second kappa shape index (κ2) is 5.70. The quantitative estimate of drug-likeness (QED) is 0.846. The van der Waals surface area contributed by atoms with Crippen LogP contribution in [-0.2, 0) is 17.9 Å². The normalized spacial score (nSPS) is 21.2. The molecule has 1 aromatic carbocycles. The lowest BCUT2D eigenvalue weighted by Gasteiger charge is -2.32. The zero-order valence-corrected chi connectivity index (χ0v) is 14.4. The van der Waals surface area contributed by atoms with Gasteiger partial charge in [0.2, 0.25) is 0 Å². The zero-order chi connectivity index (χ0) is 16.9. The average molecular weight is 337 g/mol. The van der Waals surface area contributed by atoms with Gasteiger partial charge >= 0.3 is 0 Å². The number of carbonyl (C=O) groups is 1. The van der Waals surface area contributed by atoms with Crippen molar-refractivity contribution in [2.24, 2.45) is 5.41 Å². The summed E-state index contributed by atoms with van der Waals surface area (Å²) in [6, 6.07) is 10.1. The maximum atomic E-state index is 13.2. The van der Waals surface area contributed by atoms with Gasteiger partial charge in [0.25, 0.3) is 5.91 Å². The van der Waals surface area contributed by atoms with Crippen LogP contribution < -0.4 is 0 Å². The van der Waals surface area contributed by atoms with Crippen molar-refractivity contribution in [3.05, 3.63) is 41.7 Å². The summed E-state index contributed by atoms with van der Waals surface area (Å²) in [6.45, 7) is 3.65. The van der Waals surface area contributed by atoms with Gasteiger partial charge in [-0.15, -0.1) is 0 Å². The molecule has 3 heterocycles. The van der Waals surface area contributed by atoms with Crippen LogP contribution >= 0.6 is 0 Å². The lowest BCUT2D eigenvalue weighted by atomic mass is 9.95. The molecule has 1 aromatic heterocycles. The summed E-state index contributed by atoms with van der Waals surface area (Å²) in [5, 5.41) is 0. The third kappa shape index (κ3) is 2.58. The summed E-state index contributed by atoms with van der Waals surface area (Å²) in [6.07, 6.45) is 4.94. The molecule has 0 atom stereocenters. The molecular formula is C20H23N3O2. The zero-order valence-electron chi connectivity index (χ0n) is 14.4. The monoisotopic (exact) mass is 337 g/mol. The molecule has 1 saturated heterocycles. The number of rotatable bonds is 2. The number of amides is 1. The minimum atomic E-state index is 0.0856. The van der Waals surface area contributed by atoms with E-state index >= 15 is 0 Å². The van der Waals surface area contributed by atoms with Crippen molar-refractivity contribution in [2.45, 2.75) is 38.8 Å². The number of nitrogens with zero attached hydrogens (tertiary/aromatic N) is 3. The van der Waals surface area contributed by atoms with Gasteiger partial charge in [-0.2, -0.15) is 0 Å². The Morgan fingerprint density at radius 1 is 1.12 bits per heavy atom. The van der Waals surface area contributed by atoms with Gasteiger partial charge in [0.05, 0.1) is 18.9 Å². The van der Waals surface area contributed by atoms with Gasteiger partial charge in [-0.05, 0) is 31.1 Å². The summed E-state index contributed by atoms with van der Waals surface area (Å²) in [5.41, 5.74) is 3.01. The Bertz CT molecular complexity index is 808. The van der Waals surface area contributed by atoms with Gasteiger partial charge in [0.1, 0.15) is 5.82 Å². The number of aromatic nitrogens is 2. The molecule has 2 aromatic rings. The topological polar surface area (TPSA) is 47.4 Å². The largest absolute Gasteiger partial charge is 0.373 e. The van der Waals surface area contributed by atoms with Gasteiger partial charge in [-0.25, -0.2) is 4.98 Å². The van der Waals surface area contributed by atoms with Crippen LogP contribution in [0.25, 0.3) is 11.4 Å². The number of carbonyl (C=O) groups excluding carboxylic acids is 1. The lowest BCUT2D eigenvalue weighted by molar-refractivity contribution is 0.0622. The third-order valence-corrected chi connectivity index (χ3v) is 5.91. The minimum absolute atomic E-state index is 0.0856. The summed E-state index contributed by atoms with van der Waals surface area (Å²) in [4.78, 5) is 20.1. The third-order valence-electron chi connectivity index (χ3n) is 5.91. The van der Waals surface area contributed by atoms with E-state index < -0.39 is 0 Å². The molecule has 1 aliphatic carbocycles. The van der Waals surface area contributed by atoms with Crippen molar-refractivity contribution in [1.29, 1.82) is 0 Å². The van der Waals surface area contributed by atoms with E-state index in [1.54, 1.807) is 0 Å². The van der Waals surface area contributed by atoms with Crippen LogP contribution in [0.5, 0.6) is 0 Å². The molecule has 1 amide bonds. The standard InChI is InChI=1S/C20H23N3O2/c24-19(22-10-4-7-20(14-22)8-9-20)17-16-13-25-12-11-23(16)18(21-17)15-5-2-1-3-6-15/h1-3,5-6H,4,7-14H2. The number of ether oxygens (including phenoxy) is 1. The Labute approximate surface area is 147 Å². The van der Waals surface area contributed by atoms with Gasteiger partial charge in [0.15, 0.2) is 5.69 Å². The Morgan fingerprint density at radius 2 is 1.96 bits per heavy atom. The highest BCUT2D eigenvalue weighted by atomic mass is 16.5. The molecule has 2 aliphatic heterocycles. The van der Waals surface area contributed by atoms with Gasteiger partial charge in [-0.3, -0.25) is 4.79 Å². The summed E-state index contributed by atoms with van der Waals surface area (Å²) >= 11 is 0. The van der Waals surface area contributed by atoms with Crippen LogP contribution in [0.4, 0.5) is 0 Å². The van der Waals surface area contributed by atoms with Crippen LogP contribution in [-0.4, -0.2) is 40.1 Å².